The molecule has 0 unspecified atom stereocenters. The van der Waals surface area contributed by atoms with Gasteiger partial charge in [-0.15, -0.1) is 0 Å². The van der Waals surface area contributed by atoms with Gasteiger partial charge in [0.2, 0.25) is 10.0 Å². The fraction of sp³-hybridized carbons (Fsp3) is 0.350. The number of hydrogen-bond acceptors (Lipinski definition) is 6. The van der Waals surface area contributed by atoms with Gasteiger partial charge in [0.05, 0.1) is 27.8 Å². The number of benzene rings is 2. The first-order valence-electron chi connectivity index (χ1n) is 9.55. The average Bonchev–Trinajstić information content (AvgIpc) is 3.03. The van der Waals surface area contributed by atoms with Crippen LogP contribution in [0.15, 0.2) is 51.8 Å². The largest absolute Gasteiger partial charge is 0.429 e. The number of halogens is 1. The Kier molecular flexibility index (Phi) is 5.91. The van der Waals surface area contributed by atoms with E-state index in [1.165, 1.54) is 18.4 Å². The van der Waals surface area contributed by atoms with Gasteiger partial charge in [0.1, 0.15) is 0 Å². The van der Waals surface area contributed by atoms with Crippen LogP contribution < -0.4 is 4.90 Å². The molecule has 160 valence electrons. The highest BCUT2D eigenvalue weighted by molar-refractivity contribution is 7.89. The van der Waals surface area contributed by atoms with E-state index in [2.05, 4.69) is 9.80 Å². The highest BCUT2D eigenvalue weighted by Crippen LogP contribution is 2.27. The maximum Gasteiger partial charge on any atom is 0.270 e. The predicted octanol–water partition coefficient (Wildman–Crippen LogP) is 3.65. The van der Waals surface area contributed by atoms with Gasteiger partial charge < -0.3 is 9.32 Å². The summed E-state index contributed by atoms with van der Waals surface area (Å²) in [7, 11) is -0.512. The van der Waals surface area contributed by atoms with Gasteiger partial charge in [0, 0.05) is 40.3 Å². The molecule has 1 aliphatic rings. The Labute approximate surface area is 186 Å². The number of aromatic nitrogens is 1. The van der Waals surface area contributed by atoms with Crippen molar-refractivity contribution in [2.24, 2.45) is 0 Å². The van der Waals surface area contributed by atoms with Crippen molar-refractivity contribution in [2.75, 3.05) is 45.2 Å². The van der Waals surface area contributed by atoms with Gasteiger partial charge >= 0.3 is 0 Å². The lowest BCUT2D eigenvalue weighted by Crippen LogP contribution is -2.46. The van der Waals surface area contributed by atoms with E-state index in [1.807, 2.05) is 28.8 Å². The summed E-state index contributed by atoms with van der Waals surface area (Å²) < 4.78 is 33.8. The fourth-order valence-corrected chi connectivity index (χ4v) is 5.01. The summed E-state index contributed by atoms with van der Waals surface area (Å²) in [4.78, 5) is 5.09. The Hall–Kier alpha value is -1.91. The molecule has 0 bridgehead atoms. The first-order chi connectivity index (χ1) is 14.3. The zero-order valence-corrected chi connectivity index (χ0v) is 19.2. The van der Waals surface area contributed by atoms with Crippen LogP contribution in [0.2, 0.25) is 5.02 Å². The molecular formula is C20H23ClN4O3S2. The molecule has 0 radical (unpaired) electrons. The minimum atomic E-state index is -3.54. The molecule has 2 heterocycles. The molecule has 10 heteroatoms. The number of anilines is 1. The van der Waals surface area contributed by atoms with E-state index in [0.29, 0.717) is 22.6 Å². The Morgan fingerprint density at radius 1 is 1.10 bits per heavy atom. The molecule has 0 aliphatic carbocycles. The zero-order valence-electron chi connectivity index (χ0n) is 16.8. The van der Waals surface area contributed by atoms with E-state index >= 15 is 0 Å². The van der Waals surface area contributed by atoms with Crippen molar-refractivity contribution >= 4 is 50.6 Å². The molecule has 2 aromatic carbocycles. The van der Waals surface area contributed by atoms with Crippen molar-refractivity contribution in [3.8, 4) is 0 Å². The summed E-state index contributed by atoms with van der Waals surface area (Å²) in [6, 6.07) is 12.7. The van der Waals surface area contributed by atoms with Gasteiger partial charge in [-0.05, 0) is 42.5 Å². The second kappa shape index (κ2) is 8.32. The molecule has 30 heavy (non-hydrogen) atoms. The lowest BCUT2D eigenvalue weighted by Gasteiger charge is -2.36. The predicted molar refractivity (Wildman–Crippen MR) is 121 cm³/mol. The molecule has 0 atom stereocenters. The Balaban J connectivity index is 1.55. The molecule has 0 saturated carbocycles. The number of fused-ring (bicyclic) bond motifs is 1. The van der Waals surface area contributed by atoms with Crippen LogP contribution in [-0.2, 0) is 16.7 Å². The van der Waals surface area contributed by atoms with Crippen molar-refractivity contribution < 1.29 is 12.8 Å². The third kappa shape index (κ3) is 4.00. The minimum absolute atomic E-state index is 0.216. The van der Waals surface area contributed by atoms with Crippen molar-refractivity contribution in [1.82, 2.24) is 13.8 Å². The summed E-state index contributed by atoms with van der Waals surface area (Å²) in [5.41, 5.74) is 2.30. The molecule has 0 amide bonds. The van der Waals surface area contributed by atoms with Gasteiger partial charge in [-0.1, -0.05) is 23.7 Å². The summed E-state index contributed by atoms with van der Waals surface area (Å²) >= 11 is 11.7. The van der Waals surface area contributed by atoms with Crippen LogP contribution in [-0.4, -0.2) is 62.5 Å². The smallest absolute Gasteiger partial charge is 0.270 e. The van der Waals surface area contributed by atoms with Crippen molar-refractivity contribution in [2.45, 2.75) is 11.6 Å². The summed E-state index contributed by atoms with van der Waals surface area (Å²) in [6.07, 6.45) is 0. The van der Waals surface area contributed by atoms with E-state index < -0.39 is 10.0 Å². The molecule has 1 fully saturated rings. The van der Waals surface area contributed by atoms with Crippen molar-refractivity contribution in [1.29, 1.82) is 0 Å². The third-order valence-corrected chi connectivity index (χ3v) is 7.76. The summed E-state index contributed by atoms with van der Waals surface area (Å²) in [6.45, 7) is 3.87. The first-order valence-corrected chi connectivity index (χ1v) is 11.8. The van der Waals surface area contributed by atoms with Gasteiger partial charge in [-0.2, -0.15) is 0 Å². The Bertz CT molecular complexity index is 1230. The topological polar surface area (TPSA) is 61.9 Å². The molecule has 0 spiro atoms. The molecule has 7 nitrogen and oxygen atoms in total. The number of hydrogen-bond donors (Lipinski definition) is 0. The summed E-state index contributed by atoms with van der Waals surface area (Å²) in [5.74, 6) is 0. The van der Waals surface area contributed by atoms with Crippen LogP contribution in [0.4, 0.5) is 5.69 Å². The van der Waals surface area contributed by atoms with Crippen LogP contribution in [0.5, 0.6) is 0 Å². The van der Waals surface area contributed by atoms with E-state index in [1.54, 1.807) is 18.2 Å². The van der Waals surface area contributed by atoms with Gasteiger partial charge in [-0.25, -0.2) is 12.7 Å². The van der Waals surface area contributed by atoms with E-state index in [9.17, 15) is 8.42 Å². The van der Waals surface area contributed by atoms with Crippen molar-refractivity contribution in [3.05, 3.63) is 52.3 Å². The van der Waals surface area contributed by atoms with Crippen LogP contribution in [0.25, 0.3) is 11.1 Å². The van der Waals surface area contributed by atoms with Crippen LogP contribution in [0, 0.1) is 4.84 Å². The summed E-state index contributed by atoms with van der Waals surface area (Å²) in [5, 5.41) is 0.753. The number of oxazole rings is 1. The molecule has 0 N–H and O–H groups in total. The second-order valence-corrected chi connectivity index (χ2v) is 10.3. The van der Waals surface area contributed by atoms with Gasteiger partial charge in [0.25, 0.3) is 4.84 Å². The SMILES string of the molecule is CN(C)S(=O)(=O)c1ccc2oc(=S)n(CN3CCN(c4ccccc4Cl)CC3)c2c1. The molecule has 1 aromatic heterocycles. The molecule has 3 aromatic rings. The highest BCUT2D eigenvalue weighted by Gasteiger charge is 2.22. The first kappa shape index (κ1) is 21.3. The second-order valence-electron chi connectivity index (χ2n) is 7.41. The van der Waals surface area contributed by atoms with E-state index in [4.69, 9.17) is 28.2 Å². The lowest BCUT2D eigenvalue weighted by molar-refractivity contribution is 0.204. The highest BCUT2D eigenvalue weighted by atomic mass is 35.5. The number of para-hydroxylation sites is 1. The average molecular weight is 467 g/mol. The van der Waals surface area contributed by atoms with E-state index in [-0.39, 0.29) is 4.90 Å². The Morgan fingerprint density at radius 3 is 2.47 bits per heavy atom. The normalized spacial score (nSPS) is 15.9. The lowest BCUT2D eigenvalue weighted by atomic mass is 10.2. The van der Waals surface area contributed by atoms with Gasteiger partial charge in [-0.3, -0.25) is 9.47 Å². The third-order valence-electron chi connectivity index (χ3n) is 5.32. The number of rotatable bonds is 5. The fourth-order valence-electron chi connectivity index (χ4n) is 3.59. The standard InChI is InChI=1S/C20H23ClN4O3S2/c1-22(2)30(26,27)15-7-8-19-18(13-15)25(20(29)28-19)14-23-9-11-24(12-10-23)17-6-4-3-5-16(17)21/h3-8,13H,9-12,14H2,1-2H3. The monoisotopic (exact) mass is 466 g/mol. The Morgan fingerprint density at radius 2 is 1.80 bits per heavy atom. The van der Waals surface area contributed by atoms with Crippen molar-refractivity contribution in [3.63, 3.8) is 0 Å². The van der Waals surface area contributed by atoms with E-state index in [0.717, 1.165) is 36.9 Å². The van der Waals surface area contributed by atoms with Gasteiger partial charge in [0.15, 0.2) is 5.58 Å². The molecule has 1 saturated heterocycles. The molecule has 4 rings (SSSR count). The van der Waals surface area contributed by atoms with Crippen LogP contribution >= 0.6 is 23.8 Å². The molecular weight excluding hydrogens is 444 g/mol. The maximum atomic E-state index is 12.5. The zero-order chi connectivity index (χ0) is 21.5. The maximum absolute atomic E-state index is 12.5. The van der Waals surface area contributed by atoms with Crippen LogP contribution in [0.1, 0.15) is 0 Å². The molecule has 1 aliphatic heterocycles. The number of piperazine rings is 1. The number of nitrogens with zero attached hydrogens (tertiary/aromatic N) is 4. The minimum Gasteiger partial charge on any atom is -0.429 e. The quantitative estimate of drug-likeness (QED) is 0.535. The van der Waals surface area contributed by atoms with Crippen LogP contribution in [0.3, 0.4) is 0 Å². The number of sulfonamides is 1.